The quantitative estimate of drug-likeness (QED) is 0.884. The van der Waals surface area contributed by atoms with Crippen molar-refractivity contribution in [1.82, 2.24) is 14.9 Å². The van der Waals surface area contributed by atoms with Crippen molar-refractivity contribution < 1.29 is 9.53 Å². The molecule has 0 unspecified atom stereocenters. The van der Waals surface area contributed by atoms with E-state index in [1.807, 2.05) is 19.0 Å². The normalized spacial score (nSPS) is 24.2. The number of carbonyl (C=O) groups is 1. The molecule has 0 spiro atoms. The molecule has 7 nitrogen and oxygen atoms in total. The van der Waals surface area contributed by atoms with Gasteiger partial charge in [0.1, 0.15) is 0 Å². The highest BCUT2D eigenvalue weighted by Crippen LogP contribution is 2.27. The van der Waals surface area contributed by atoms with Crippen LogP contribution in [-0.4, -0.2) is 60.7 Å². The molecule has 7 heteroatoms. The van der Waals surface area contributed by atoms with E-state index >= 15 is 0 Å². The molecule has 0 saturated carbocycles. The lowest BCUT2D eigenvalue weighted by Gasteiger charge is -2.19. The summed E-state index contributed by atoms with van der Waals surface area (Å²) < 4.78 is 5.54. The molecule has 2 saturated heterocycles. The zero-order chi connectivity index (χ0) is 16.4. The first-order valence-corrected chi connectivity index (χ1v) is 8.21. The summed E-state index contributed by atoms with van der Waals surface area (Å²) in [5.41, 5.74) is 0.618. The minimum atomic E-state index is -0.150. The second-order valence-corrected chi connectivity index (χ2v) is 6.55. The van der Waals surface area contributed by atoms with Crippen LogP contribution in [0.5, 0.6) is 0 Å². The Morgan fingerprint density at radius 2 is 2.30 bits per heavy atom. The third-order valence-corrected chi connectivity index (χ3v) is 4.56. The number of rotatable bonds is 4. The van der Waals surface area contributed by atoms with Crippen LogP contribution in [0.4, 0.5) is 5.95 Å². The summed E-state index contributed by atoms with van der Waals surface area (Å²) in [6.07, 6.45) is 3.42. The molecule has 3 rings (SSSR count). The monoisotopic (exact) mass is 320 g/mol. The fourth-order valence-electron chi connectivity index (χ4n) is 3.24. The van der Waals surface area contributed by atoms with Gasteiger partial charge in [0.2, 0.25) is 11.9 Å². The minimum absolute atomic E-state index is 0.0830. The standard InChI is InChI=1S/C16H24N4O3/c1-19(2)16-17-13(9-14(21)18-16)11-5-6-20(10-11)15(22)8-12-4-3-7-23-12/h9,11-12H,3-8,10H2,1-2H3,(H,17,18,21)/t11-,12+/m0/s1. The fraction of sp³-hybridized carbons (Fsp3) is 0.688. The van der Waals surface area contributed by atoms with Crippen LogP contribution in [0, 0.1) is 0 Å². The summed E-state index contributed by atoms with van der Waals surface area (Å²) in [6.45, 7) is 2.13. The lowest BCUT2D eigenvalue weighted by Crippen LogP contribution is -2.31. The molecule has 0 aliphatic carbocycles. The van der Waals surface area contributed by atoms with Crippen LogP contribution in [0.2, 0.25) is 0 Å². The number of nitrogens with zero attached hydrogens (tertiary/aromatic N) is 3. The van der Waals surface area contributed by atoms with Crippen molar-refractivity contribution >= 4 is 11.9 Å². The van der Waals surface area contributed by atoms with E-state index in [2.05, 4.69) is 9.97 Å². The largest absolute Gasteiger partial charge is 0.378 e. The maximum Gasteiger partial charge on any atom is 0.252 e. The average molecular weight is 320 g/mol. The second-order valence-electron chi connectivity index (χ2n) is 6.55. The van der Waals surface area contributed by atoms with Gasteiger partial charge in [0.15, 0.2) is 0 Å². The van der Waals surface area contributed by atoms with Gasteiger partial charge in [-0.2, -0.15) is 0 Å². The Morgan fingerprint density at radius 3 is 3.00 bits per heavy atom. The Labute approximate surface area is 135 Å². The number of likely N-dealkylation sites (tertiary alicyclic amines) is 1. The number of nitrogens with one attached hydrogen (secondary N) is 1. The summed E-state index contributed by atoms with van der Waals surface area (Å²) >= 11 is 0. The molecule has 0 aromatic carbocycles. The minimum Gasteiger partial charge on any atom is -0.378 e. The first-order chi connectivity index (χ1) is 11.0. The number of aromatic nitrogens is 2. The van der Waals surface area contributed by atoms with Crippen molar-refractivity contribution in [2.24, 2.45) is 0 Å². The van der Waals surface area contributed by atoms with Crippen molar-refractivity contribution in [2.75, 3.05) is 38.7 Å². The number of anilines is 1. The number of ether oxygens (including phenoxy) is 1. The highest BCUT2D eigenvalue weighted by atomic mass is 16.5. The molecular formula is C16H24N4O3. The van der Waals surface area contributed by atoms with Crippen LogP contribution in [-0.2, 0) is 9.53 Å². The van der Waals surface area contributed by atoms with Crippen LogP contribution < -0.4 is 10.5 Å². The van der Waals surface area contributed by atoms with E-state index in [4.69, 9.17) is 4.74 Å². The van der Waals surface area contributed by atoms with Gasteiger partial charge >= 0.3 is 0 Å². The van der Waals surface area contributed by atoms with Gasteiger partial charge in [-0.15, -0.1) is 0 Å². The molecule has 1 aromatic rings. The van der Waals surface area contributed by atoms with Crippen molar-refractivity contribution in [1.29, 1.82) is 0 Å². The molecule has 1 amide bonds. The predicted octanol–water partition coefficient (Wildman–Crippen LogP) is 0.721. The Balaban J connectivity index is 1.65. The highest BCUT2D eigenvalue weighted by molar-refractivity contribution is 5.77. The number of hydrogen-bond donors (Lipinski definition) is 1. The Morgan fingerprint density at radius 1 is 1.48 bits per heavy atom. The van der Waals surface area contributed by atoms with Crippen LogP contribution in [0.25, 0.3) is 0 Å². The van der Waals surface area contributed by atoms with E-state index in [-0.39, 0.29) is 23.5 Å². The summed E-state index contributed by atoms with van der Waals surface area (Å²) in [6, 6.07) is 1.55. The van der Waals surface area contributed by atoms with Gasteiger partial charge in [0, 0.05) is 45.8 Å². The number of amides is 1. The van der Waals surface area contributed by atoms with E-state index in [0.717, 1.165) is 38.1 Å². The van der Waals surface area contributed by atoms with Gasteiger partial charge in [-0.25, -0.2) is 4.98 Å². The molecule has 0 radical (unpaired) electrons. The summed E-state index contributed by atoms with van der Waals surface area (Å²) in [5, 5.41) is 0. The lowest BCUT2D eigenvalue weighted by atomic mass is 10.0. The van der Waals surface area contributed by atoms with Gasteiger partial charge in [0.05, 0.1) is 18.2 Å². The first-order valence-electron chi connectivity index (χ1n) is 8.21. The van der Waals surface area contributed by atoms with E-state index in [0.29, 0.717) is 18.9 Å². The van der Waals surface area contributed by atoms with Crippen molar-refractivity contribution in [3.63, 3.8) is 0 Å². The molecule has 1 aromatic heterocycles. The average Bonchev–Trinajstić information content (AvgIpc) is 3.17. The van der Waals surface area contributed by atoms with Crippen LogP contribution in [0.3, 0.4) is 0 Å². The Bertz CT molecular complexity index is 622. The smallest absolute Gasteiger partial charge is 0.252 e. The predicted molar refractivity (Wildman–Crippen MR) is 86.7 cm³/mol. The lowest BCUT2D eigenvalue weighted by molar-refractivity contribution is -0.132. The summed E-state index contributed by atoms with van der Waals surface area (Å²) in [4.78, 5) is 35.1. The molecule has 2 aliphatic rings. The third kappa shape index (κ3) is 3.72. The van der Waals surface area contributed by atoms with Gasteiger partial charge in [0.25, 0.3) is 5.56 Å². The van der Waals surface area contributed by atoms with E-state index < -0.39 is 0 Å². The van der Waals surface area contributed by atoms with E-state index in [1.165, 1.54) is 0 Å². The van der Waals surface area contributed by atoms with Crippen molar-refractivity contribution in [3.05, 3.63) is 22.1 Å². The SMILES string of the molecule is CN(C)c1nc([C@H]2CCN(C(=O)C[C@H]3CCCO3)C2)cc(=O)[nH]1. The first kappa shape index (κ1) is 16.0. The van der Waals surface area contributed by atoms with Gasteiger partial charge < -0.3 is 14.5 Å². The van der Waals surface area contributed by atoms with Crippen LogP contribution >= 0.6 is 0 Å². The molecule has 2 atom stereocenters. The van der Waals surface area contributed by atoms with Crippen LogP contribution in [0.1, 0.15) is 37.3 Å². The summed E-state index contributed by atoms with van der Waals surface area (Å²) in [7, 11) is 3.68. The zero-order valence-corrected chi connectivity index (χ0v) is 13.7. The Hall–Kier alpha value is -1.89. The number of H-pyrrole nitrogens is 1. The van der Waals surface area contributed by atoms with Gasteiger partial charge in [-0.1, -0.05) is 0 Å². The number of hydrogen-bond acceptors (Lipinski definition) is 5. The molecule has 23 heavy (non-hydrogen) atoms. The molecule has 2 aliphatic heterocycles. The van der Waals surface area contributed by atoms with Gasteiger partial charge in [-0.3, -0.25) is 14.6 Å². The van der Waals surface area contributed by atoms with Crippen LogP contribution in [0.15, 0.2) is 10.9 Å². The maximum absolute atomic E-state index is 12.4. The zero-order valence-electron chi connectivity index (χ0n) is 13.7. The number of aromatic amines is 1. The van der Waals surface area contributed by atoms with Gasteiger partial charge in [-0.05, 0) is 19.3 Å². The van der Waals surface area contributed by atoms with Crippen molar-refractivity contribution in [2.45, 2.75) is 37.7 Å². The third-order valence-electron chi connectivity index (χ3n) is 4.56. The molecule has 2 fully saturated rings. The molecule has 0 bridgehead atoms. The maximum atomic E-state index is 12.4. The Kier molecular flexibility index (Phi) is 4.66. The van der Waals surface area contributed by atoms with Crippen molar-refractivity contribution in [3.8, 4) is 0 Å². The fourth-order valence-corrected chi connectivity index (χ4v) is 3.24. The topological polar surface area (TPSA) is 78.5 Å². The molecule has 126 valence electrons. The van der Waals surface area contributed by atoms with E-state index in [1.54, 1.807) is 11.0 Å². The summed E-state index contributed by atoms with van der Waals surface area (Å²) in [5.74, 6) is 0.832. The molecule has 1 N–H and O–H groups in total. The molecule has 3 heterocycles. The second kappa shape index (κ2) is 6.70. The molecular weight excluding hydrogens is 296 g/mol. The van der Waals surface area contributed by atoms with E-state index in [9.17, 15) is 9.59 Å². The number of carbonyl (C=O) groups excluding carboxylic acids is 1. The highest BCUT2D eigenvalue weighted by Gasteiger charge is 2.30.